The second-order valence-corrected chi connectivity index (χ2v) is 11.6. The molecule has 1 aromatic heterocycles. The van der Waals surface area contributed by atoms with Crippen LogP contribution in [-0.2, 0) is 11.2 Å². The Kier molecular flexibility index (Phi) is 10.2. The average Bonchev–Trinajstić information content (AvgIpc) is 3.39. The van der Waals surface area contributed by atoms with E-state index < -0.39 is 11.2 Å². The lowest BCUT2D eigenvalue weighted by Gasteiger charge is -2.28. The summed E-state index contributed by atoms with van der Waals surface area (Å²) in [6.07, 6.45) is 2.32. The third-order valence-electron chi connectivity index (χ3n) is 6.68. The molecule has 0 aliphatic rings. The average molecular weight is 635 g/mol. The lowest BCUT2D eigenvalue weighted by molar-refractivity contribution is 0.313. The van der Waals surface area contributed by atoms with Gasteiger partial charge in [0, 0.05) is 35.4 Å². The lowest BCUT2D eigenvalue weighted by Crippen LogP contribution is -2.23. The molecule has 0 aliphatic carbocycles. The van der Waals surface area contributed by atoms with E-state index in [1.165, 1.54) is 36.0 Å². The predicted octanol–water partition coefficient (Wildman–Crippen LogP) is 7.13. The minimum Gasteiger partial charge on any atom is -0.495 e. The van der Waals surface area contributed by atoms with E-state index >= 15 is 0 Å². The van der Waals surface area contributed by atoms with Crippen LogP contribution in [0, 0.1) is 11.6 Å². The molecular formula is C30H31Cl2F2N5O2S. The highest BCUT2D eigenvalue weighted by molar-refractivity contribution is 7.98. The fourth-order valence-corrected chi connectivity index (χ4v) is 5.89. The van der Waals surface area contributed by atoms with Crippen molar-refractivity contribution in [3.8, 4) is 17.2 Å². The summed E-state index contributed by atoms with van der Waals surface area (Å²) in [6.45, 7) is 4.80. The zero-order chi connectivity index (χ0) is 30.4. The quantitative estimate of drug-likeness (QED) is 0.0745. The topological polar surface area (TPSA) is 101 Å². The molecule has 0 atom stereocenters. The van der Waals surface area contributed by atoms with E-state index in [9.17, 15) is 8.78 Å². The van der Waals surface area contributed by atoms with Gasteiger partial charge in [-0.1, -0.05) is 54.9 Å². The van der Waals surface area contributed by atoms with Crippen molar-refractivity contribution in [2.24, 2.45) is 16.5 Å². The normalized spacial score (nSPS) is 11.4. The van der Waals surface area contributed by atoms with Crippen LogP contribution in [0.4, 0.5) is 8.78 Å². The minimum absolute atomic E-state index is 0.00700. The second-order valence-electron chi connectivity index (χ2n) is 9.85. The van der Waals surface area contributed by atoms with Gasteiger partial charge >= 0.3 is 0 Å². The number of nitrogens with zero attached hydrogens (tertiary/aromatic N) is 3. The monoisotopic (exact) mass is 633 g/mol. The molecule has 42 heavy (non-hydrogen) atoms. The number of guanidine groups is 1. The summed E-state index contributed by atoms with van der Waals surface area (Å²) in [6, 6.07) is 14.5. The summed E-state index contributed by atoms with van der Waals surface area (Å²) in [7, 11) is 1.56. The molecule has 0 fully saturated rings. The van der Waals surface area contributed by atoms with Crippen LogP contribution >= 0.6 is 35.0 Å². The molecule has 12 heteroatoms. The van der Waals surface area contributed by atoms with Gasteiger partial charge in [-0.05, 0) is 54.1 Å². The molecule has 0 saturated heterocycles. The maximum atomic E-state index is 15.0. The number of hydrogen-bond acceptors (Lipinski definition) is 5. The van der Waals surface area contributed by atoms with Crippen LogP contribution in [0.15, 0.2) is 70.9 Å². The van der Waals surface area contributed by atoms with Crippen molar-refractivity contribution in [3.05, 3.63) is 99.3 Å². The predicted molar refractivity (Wildman–Crippen MR) is 165 cm³/mol. The molecule has 0 unspecified atom stereocenters. The van der Waals surface area contributed by atoms with Crippen LogP contribution in [0.1, 0.15) is 37.1 Å². The number of hydrogen-bond donors (Lipinski definition) is 2. The summed E-state index contributed by atoms with van der Waals surface area (Å²) in [5, 5.41) is 1.25. The Morgan fingerprint density at radius 3 is 2.48 bits per heavy atom. The molecule has 0 bridgehead atoms. The fraction of sp³-hybridized carbons (Fsp3) is 0.267. The molecule has 0 aliphatic heterocycles. The molecule has 222 valence electrons. The Balaban J connectivity index is 1.66. The van der Waals surface area contributed by atoms with Crippen molar-refractivity contribution in [3.63, 3.8) is 0 Å². The van der Waals surface area contributed by atoms with Gasteiger partial charge in [-0.2, -0.15) is 0 Å². The zero-order valence-corrected chi connectivity index (χ0v) is 25.7. The highest BCUT2D eigenvalue weighted by Crippen LogP contribution is 2.40. The summed E-state index contributed by atoms with van der Waals surface area (Å²) in [4.78, 5) is 8.61. The van der Waals surface area contributed by atoms with E-state index in [4.69, 9.17) is 49.1 Å². The SMILES string of the molecule is COc1cc(C(C)(C)c2cnc(SCc3c(F)ccc(OCCCN=C(N)N)c3Cl)n2-c2ccc(F)cc2)ccc1Cl. The van der Waals surface area contributed by atoms with Gasteiger partial charge < -0.3 is 20.9 Å². The fourth-order valence-electron chi connectivity index (χ4n) is 4.33. The standard InChI is InChI=1S/C30H31Cl2F2N5O2S/c1-30(2,18-5-10-22(31)25(15-18)40-3)26-16-38-29(39(26)20-8-6-19(33)7-9-20)42-17-21-23(34)11-12-24(27(21)32)41-14-4-13-37-28(35)36/h5-12,15-16H,4,13-14,17H2,1-3H3,(H4,35,36,37). The van der Waals surface area contributed by atoms with E-state index in [0.717, 1.165) is 11.3 Å². The van der Waals surface area contributed by atoms with Gasteiger partial charge in [0.1, 0.15) is 23.1 Å². The van der Waals surface area contributed by atoms with E-state index in [-0.39, 0.29) is 28.1 Å². The first-order chi connectivity index (χ1) is 20.0. The number of methoxy groups -OCH3 is 1. The first kappa shape index (κ1) is 31.5. The molecular weight excluding hydrogens is 603 g/mol. The van der Waals surface area contributed by atoms with Gasteiger partial charge in [0.2, 0.25) is 0 Å². The number of aliphatic imine (C=N–C) groups is 1. The number of rotatable bonds is 12. The molecule has 0 spiro atoms. The first-order valence-corrected chi connectivity index (χ1v) is 14.7. The highest BCUT2D eigenvalue weighted by Gasteiger charge is 2.30. The number of imidazole rings is 1. The van der Waals surface area contributed by atoms with Gasteiger partial charge in [-0.25, -0.2) is 13.8 Å². The summed E-state index contributed by atoms with van der Waals surface area (Å²) in [5.41, 5.74) is 12.8. The van der Waals surface area contributed by atoms with Gasteiger partial charge in [0.15, 0.2) is 11.1 Å². The van der Waals surface area contributed by atoms with Crippen molar-refractivity contribution in [1.82, 2.24) is 9.55 Å². The van der Waals surface area contributed by atoms with Gasteiger partial charge in [0.25, 0.3) is 0 Å². The molecule has 7 nitrogen and oxygen atoms in total. The third-order valence-corrected chi connectivity index (χ3v) is 8.38. The number of thioether (sulfide) groups is 1. The number of ether oxygens (including phenoxy) is 2. The highest BCUT2D eigenvalue weighted by atomic mass is 35.5. The lowest BCUT2D eigenvalue weighted by atomic mass is 9.81. The van der Waals surface area contributed by atoms with E-state index in [0.29, 0.717) is 46.9 Å². The third kappa shape index (κ3) is 7.11. The van der Waals surface area contributed by atoms with Crippen molar-refractivity contribution >= 4 is 40.9 Å². The number of aromatic nitrogens is 2. The van der Waals surface area contributed by atoms with Crippen molar-refractivity contribution in [2.45, 2.75) is 36.6 Å². The molecule has 0 saturated carbocycles. The van der Waals surface area contributed by atoms with Crippen LogP contribution in [0.2, 0.25) is 10.0 Å². The largest absolute Gasteiger partial charge is 0.495 e. The summed E-state index contributed by atoms with van der Waals surface area (Å²) < 4.78 is 42.0. The smallest absolute Gasteiger partial charge is 0.185 e. The Hall–Kier alpha value is -3.47. The summed E-state index contributed by atoms with van der Waals surface area (Å²) in [5.74, 6) is 0.261. The second kappa shape index (κ2) is 13.7. The van der Waals surface area contributed by atoms with Crippen LogP contribution < -0.4 is 20.9 Å². The van der Waals surface area contributed by atoms with Crippen LogP contribution in [0.5, 0.6) is 11.5 Å². The Labute approximate surface area is 257 Å². The van der Waals surface area contributed by atoms with Crippen LogP contribution in [0.3, 0.4) is 0 Å². The maximum Gasteiger partial charge on any atom is 0.185 e. The molecule has 0 amide bonds. The Bertz CT molecular complexity index is 1570. The molecule has 4 aromatic rings. The van der Waals surface area contributed by atoms with Crippen LogP contribution in [0.25, 0.3) is 5.69 Å². The molecule has 4 rings (SSSR count). The van der Waals surface area contributed by atoms with Crippen molar-refractivity contribution in [1.29, 1.82) is 0 Å². The Morgan fingerprint density at radius 1 is 1.05 bits per heavy atom. The molecule has 4 N–H and O–H groups in total. The van der Waals surface area contributed by atoms with Crippen molar-refractivity contribution in [2.75, 3.05) is 20.3 Å². The van der Waals surface area contributed by atoms with Crippen LogP contribution in [-0.4, -0.2) is 35.8 Å². The van der Waals surface area contributed by atoms with E-state index in [2.05, 4.69) is 4.99 Å². The van der Waals surface area contributed by atoms with Gasteiger partial charge in [0.05, 0.1) is 35.7 Å². The molecule has 0 radical (unpaired) electrons. The van der Waals surface area contributed by atoms with Gasteiger partial charge in [-0.15, -0.1) is 0 Å². The number of halogens is 4. The van der Waals surface area contributed by atoms with Crippen molar-refractivity contribution < 1.29 is 18.3 Å². The Morgan fingerprint density at radius 2 is 1.79 bits per heavy atom. The molecule has 3 aromatic carbocycles. The van der Waals surface area contributed by atoms with E-state index in [1.807, 2.05) is 30.5 Å². The maximum absolute atomic E-state index is 15.0. The number of benzene rings is 3. The first-order valence-electron chi connectivity index (χ1n) is 13.0. The summed E-state index contributed by atoms with van der Waals surface area (Å²) >= 11 is 14.2. The number of nitrogens with two attached hydrogens (primary N) is 2. The zero-order valence-electron chi connectivity index (χ0n) is 23.3. The minimum atomic E-state index is -0.576. The van der Waals surface area contributed by atoms with E-state index in [1.54, 1.807) is 31.5 Å². The van der Waals surface area contributed by atoms with Gasteiger partial charge in [-0.3, -0.25) is 9.56 Å². The molecule has 1 heterocycles.